The van der Waals surface area contributed by atoms with E-state index in [1.165, 1.54) is 18.3 Å². The largest absolute Gasteiger partial charge is 0.482 e. The zero-order chi connectivity index (χ0) is 24.5. The van der Waals surface area contributed by atoms with Gasteiger partial charge in [0.05, 0.1) is 24.8 Å². The summed E-state index contributed by atoms with van der Waals surface area (Å²) in [5, 5.41) is 5.64. The number of hydrogen-bond acceptors (Lipinski definition) is 6. The molecule has 0 aliphatic carbocycles. The van der Waals surface area contributed by atoms with Crippen molar-refractivity contribution in [3.8, 4) is 17.6 Å². The highest BCUT2D eigenvalue weighted by molar-refractivity contribution is 6.36. The second kappa shape index (κ2) is 12.6. The molecule has 1 aliphatic rings. The number of benzene rings is 1. The fourth-order valence-corrected chi connectivity index (χ4v) is 3.95. The minimum absolute atomic E-state index is 0.114. The van der Waals surface area contributed by atoms with Crippen LogP contribution in [-0.2, 0) is 4.74 Å². The highest BCUT2D eigenvalue weighted by Crippen LogP contribution is 2.35. The number of aromatic nitrogens is 1. The third-order valence-corrected chi connectivity index (χ3v) is 5.77. The first-order valence-electron chi connectivity index (χ1n) is 10.7. The molecule has 1 saturated heterocycles. The summed E-state index contributed by atoms with van der Waals surface area (Å²) in [7, 11) is 0. The molecular formula is C23H26Cl2FN5O3. The fraction of sp³-hybridized carbons (Fsp3) is 0.391. The zero-order valence-corrected chi connectivity index (χ0v) is 20.2. The molecule has 0 radical (unpaired) electrons. The van der Waals surface area contributed by atoms with Crippen molar-refractivity contribution in [2.45, 2.75) is 13.0 Å². The number of hydrogen-bond donors (Lipinski definition) is 3. The van der Waals surface area contributed by atoms with Gasteiger partial charge in [0, 0.05) is 54.6 Å². The lowest BCUT2D eigenvalue weighted by Crippen LogP contribution is -2.43. The second-order valence-corrected chi connectivity index (χ2v) is 8.27. The highest BCUT2D eigenvalue weighted by atomic mass is 35.5. The summed E-state index contributed by atoms with van der Waals surface area (Å²) in [6.45, 7) is 6.32. The summed E-state index contributed by atoms with van der Waals surface area (Å²) >= 11 is 12.2. The molecule has 1 atom stereocenters. The van der Waals surface area contributed by atoms with Crippen LogP contribution in [0.1, 0.15) is 24.2 Å². The first-order chi connectivity index (χ1) is 16.3. The van der Waals surface area contributed by atoms with Crippen LogP contribution in [0.4, 0.5) is 15.0 Å². The van der Waals surface area contributed by atoms with Crippen LogP contribution in [0.2, 0.25) is 10.0 Å². The van der Waals surface area contributed by atoms with Crippen molar-refractivity contribution in [3.05, 3.63) is 51.4 Å². The molecule has 11 heteroatoms. The van der Waals surface area contributed by atoms with E-state index in [-0.39, 0.29) is 34.2 Å². The van der Waals surface area contributed by atoms with Crippen LogP contribution in [0.15, 0.2) is 24.4 Å². The van der Waals surface area contributed by atoms with Gasteiger partial charge >= 0.3 is 6.03 Å². The van der Waals surface area contributed by atoms with Crippen molar-refractivity contribution < 1.29 is 18.7 Å². The van der Waals surface area contributed by atoms with Crippen molar-refractivity contribution >= 4 is 35.1 Å². The molecule has 8 nitrogen and oxygen atoms in total. The number of amides is 2. The summed E-state index contributed by atoms with van der Waals surface area (Å²) in [6, 6.07) is 3.91. The molecule has 2 aromatic rings. The standard InChI is InChI=1S/C23H26Cl2FN5O3/c1-15(20-17(24)4-5-18(26)21(20)25)34-19-13-16(14-30-22(19)27)3-2-6-28-23(32)29-7-8-31-9-11-33-12-10-31/h4-5,13-15H,6-12H2,1H3,(H2,27,30)(H2,28,29,32). The molecule has 4 N–H and O–H groups in total. The van der Waals surface area contributed by atoms with E-state index in [0.29, 0.717) is 17.7 Å². The van der Waals surface area contributed by atoms with E-state index >= 15 is 0 Å². The first-order valence-corrected chi connectivity index (χ1v) is 11.5. The summed E-state index contributed by atoms with van der Waals surface area (Å²) in [5.41, 5.74) is 6.76. The van der Waals surface area contributed by atoms with Crippen LogP contribution in [0.5, 0.6) is 5.75 Å². The number of rotatable bonds is 7. The quantitative estimate of drug-likeness (QED) is 0.391. The van der Waals surface area contributed by atoms with Gasteiger partial charge in [0.15, 0.2) is 11.6 Å². The lowest BCUT2D eigenvalue weighted by atomic mass is 10.1. The van der Waals surface area contributed by atoms with E-state index in [4.69, 9.17) is 38.4 Å². The molecule has 0 spiro atoms. The Morgan fingerprint density at radius 1 is 1.35 bits per heavy atom. The molecule has 1 fully saturated rings. The Balaban J connectivity index is 1.51. The van der Waals surface area contributed by atoms with Crippen molar-refractivity contribution in [1.29, 1.82) is 0 Å². The number of urea groups is 1. The number of carbonyl (C=O) groups excluding carboxylic acids is 1. The number of nitrogens with two attached hydrogens (primary N) is 1. The van der Waals surface area contributed by atoms with Crippen LogP contribution < -0.4 is 21.1 Å². The topological polar surface area (TPSA) is 102 Å². The van der Waals surface area contributed by atoms with Crippen LogP contribution in [0, 0.1) is 17.7 Å². The van der Waals surface area contributed by atoms with Gasteiger partial charge in [0.25, 0.3) is 0 Å². The molecule has 34 heavy (non-hydrogen) atoms. The van der Waals surface area contributed by atoms with E-state index in [1.54, 1.807) is 13.0 Å². The van der Waals surface area contributed by atoms with Crippen molar-refractivity contribution in [2.24, 2.45) is 0 Å². The number of nitrogens with one attached hydrogen (secondary N) is 2. The van der Waals surface area contributed by atoms with E-state index in [1.807, 2.05) is 0 Å². The number of ether oxygens (including phenoxy) is 2. The molecule has 1 aliphatic heterocycles. The minimum atomic E-state index is -0.689. The molecule has 1 aromatic heterocycles. The number of nitrogens with zero attached hydrogens (tertiary/aromatic N) is 2. The molecule has 1 unspecified atom stereocenters. The predicted molar refractivity (Wildman–Crippen MR) is 130 cm³/mol. The van der Waals surface area contributed by atoms with Crippen molar-refractivity contribution in [3.63, 3.8) is 0 Å². The fourth-order valence-electron chi connectivity index (χ4n) is 3.27. The normalized spacial score (nSPS) is 14.6. The summed E-state index contributed by atoms with van der Waals surface area (Å²) in [6.07, 6.45) is 0.801. The Kier molecular flexibility index (Phi) is 9.60. The Morgan fingerprint density at radius 3 is 2.88 bits per heavy atom. The molecule has 0 bridgehead atoms. The minimum Gasteiger partial charge on any atom is -0.482 e. The summed E-state index contributed by atoms with van der Waals surface area (Å²) in [5.74, 6) is 5.54. The Labute approximate surface area is 207 Å². The lowest BCUT2D eigenvalue weighted by molar-refractivity contribution is 0.0387. The summed E-state index contributed by atoms with van der Waals surface area (Å²) in [4.78, 5) is 18.2. The lowest BCUT2D eigenvalue weighted by Gasteiger charge is -2.26. The van der Waals surface area contributed by atoms with Gasteiger partial charge in [-0.1, -0.05) is 35.0 Å². The number of morpholine rings is 1. The van der Waals surface area contributed by atoms with E-state index in [0.717, 1.165) is 32.8 Å². The molecule has 182 valence electrons. The maximum Gasteiger partial charge on any atom is 0.315 e. The molecule has 2 amide bonds. The third-order valence-electron chi connectivity index (χ3n) is 5.06. The van der Waals surface area contributed by atoms with Crippen LogP contribution in [0.25, 0.3) is 0 Å². The molecule has 1 aromatic carbocycles. The van der Waals surface area contributed by atoms with Crippen LogP contribution in [0.3, 0.4) is 0 Å². The van der Waals surface area contributed by atoms with Gasteiger partial charge in [-0.3, -0.25) is 4.90 Å². The molecule has 0 saturated carbocycles. The maximum absolute atomic E-state index is 13.8. The Morgan fingerprint density at radius 2 is 2.12 bits per heavy atom. The van der Waals surface area contributed by atoms with Crippen LogP contribution in [-0.4, -0.2) is 61.9 Å². The Hall–Kier alpha value is -2.77. The number of pyridine rings is 1. The number of carbonyl (C=O) groups is 1. The van der Waals surface area contributed by atoms with E-state index in [9.17, 15) is 9.18 Å². The van der Waals surface area contributed by atoms with Crippen molar-refractivity contribution in [1.82, 2.24) is 20.5 Å². The van der Waals surface area contributed by atoms with Gasteiger partial charge in [0.2, 0.25) is 0 Å². The molecular weight excluding hydrogens is 484 g/mol. The highest BCUT2D eigenvalue weighted by Gasteiger charge is 2.20. The molecule has 2 heterocycles. The number of anilines is 1. The number of nitrogen functional groups attached to an aromatic ring is 1. The predicted octanol–water partition coefficient (Wildman–Crippen LogP) is 3.23. The Bertz CT molecular complexity index is 1070. The van der Waals surface area contributed by atoms with E-state index in [2.05, 4.69) is 32.4 Å². The van der Waals surface area contributed by atoms with Gasteiger partial charge in [-0.15, -0.1) is 0 Å². The first kappa shape index (κ1) is 25.8. The zero-order valence-electron chi connectivity index (χ0n) is 18.7. The smallest absolute Gasteiger partial charge is 0.315 e. The molecule has 3 rings (SSSR count). The number of halogens is 3. The van der Waals surface area contributed by atoms with Crippen molar-refractivity contribution in [2.75, 3.05) is 51.7 Å². The monoisotopic (exact) mass is 509 g/mol. The van der Waals surface area contributed by atoms with Gasteiger partial charge < -0.3 is 25.8 Å². The summed E-state index contributed by atoms with van der Waals surface area (Å²) < 4.78 is 25.0. The van der Waals surface area contributed by atoms with Gasteiger partial charge in [-0.05, 0) is 19.1 Å². The van der Waals surface area contributed by atoms with Gasteiger partial charge in [-0.25, -0.2) is 14.2 Å². The van der Waals surface area contributed by atoms with E-state index < -0.39 is 11.9 Å². The van der Waals surface area contributed by atoms with Gasteiger partial charge in [0.1, 0.15) is 11.9 Å². The van der Waals surface area contributed by atoms with Crippen LogP contribution >= 0.6 is 23.2 Å². The third kappa shape index (κ3) is 7.37. The van der Waals surface area contributed by atoms with Gasteiger partial charge in [-0.2, -0.15) is 0 Å². The second-order valence-electron chi connectivity index (χ2n) is 7.49. The average molecular weight is 510 g/mol. The maximum atomic E-state index is 13.8. The average Bonchev–Trinajstić information content (AvgIpc) is 2.82. The SMILES string of the molecule is CC(Oc1cc(C#CCNC(=O)NCCN2CCOCC2)cnc1N)c1c(Cl)ccc(F)c1Cl.